The third kappa shape index (κ3) is 3.09. The van der Waals surface area contributed by atoms with Crippen LogP contribution >= 0.6 is 7.26 Å². The number of aromatic nitrogens is 2. The Hall–Kier alpha value is -2.70. The third-order valence-corrected chi connectivity index (χ3v) is 9.15. The lowest BCUT2D eigenvalue weighted by molar-refractivity contribution is 0.767. The van der Waals surface area contributed by atoms with Crippen molar-refractivity contribution in [3.8, 4) is 0 Å². The van der Waals surface area contributed by atoms with Gasteiger partial charge in [-0.2, -0.15) is 5.10 Å². The van der Waals surface area contributed by atoms with Crippen LogP contribution in [0.2, 0.25) is 0 Å². The summed E-state index contributed by atoms with van der Waals surface area (Å²) in [6.07, 6.45) is 5.12. The Morgan fingerprint density at radius 3 is 1.46 bits per heavy atom. The molecule has 3 heteroatoms. The summed E-state index contributed by atoms with van der Waals surface area (Å²) >= 11 is 0. The van der Waals surface area contributed by atoms with E-state index in [0.29, 0.717) is 0 Å². The molecule has 0 amide bonds. The van der Waals surface area contributed by atoms with E-state index in [-0.39, 0.29) is 0 Å². The first kappa shape index (κ1) is 16.8. The Kier molecular flexibility index (Phi) is 4.69. The summed E-state index contributed by atoms with van der Waals surface area (Å²) in [5, 5.41) is 8.63. The van der Waals surface area contributed by atoms with Gasteiger partial charge >= 0.3 is 0 Å². The van der Waals surface area contributed by atoms with Crippen LogP contribution in [0.5, 0.6) is 0 Å². The molecule has 0 atom stereocenters. The van der Waals surface area contributed by atoms with Gasteiger partial charge in [0, 0.05) is 18.8 Å². The van der Waals surface area contributed by atoms with Crippen LogP contribution in [0.1, 0.15) is 5.56 Å². The molecule has 1 aromatic heterocycles. The summed E-state index contributed by atoms with van der Waals surface area (Å²) < 4.78 is 1.89. The monoisotopic (exact) mass is 357 g/mol. The fourth-order valence-electron chi connectivity index (χ4n) is 3.60. The van der Waals surface area contributed by atoms with E-state index < -0.39 is 7.26 Å². The largest absolute Gasteiger partial charge is 0.275 e. The van der Waals surface area contributed by atoms with E-state index in [9.17, 15) is 0 Å². The Labute approximate surface area is 155 Å². The van der Waals surface area contributed by atoms with E-state index in [1.165, 1.54) is 21.5 Å². The zero-order valence-corrected chi connectivity index (χ0v) is 15.8. The number of hydrogen-bond donors (Lipinski definition) is 0. The quantitative estimate of drug-likeness (QED) is 0.495. The lowest BCUT2D eigenvalue weighted by Crippen LogP contribution is -2.32. The number of aryl methyl sites for hydroxylation is 1. The molecule has 26 heavy (non-hydrogen) atoms. The van der Waals surface area contributed by atoms with Gasteiger partial charge in [-0.15, -0.1) is 0 Å². The van der Waals surface area contributed by atoms with Crippen molar-refractivity contribution in [2.45, 2.75) is 6.16 Å². The predicted molar refractivity (Wildman–Crippen MR) is 112 cm³/mol. The number of nitrogens with zero attached hydrogens (tertiary/aromatic N) is 2. The van der Waals surface area contributed by atoms with Gasteiger partial charge in [0.2, 0.25) is 0 Å². The van der Waals surface area contributed by atoms with Crippen molar-refractivity contribution >= 4 is 23.2 Å². The molecule has 0 N–H and O–H groups in total. The maximum absolute atomic E-state index is 4.42. The zero-order chi connectivity index (χ0) is 17.8. The Balaban J connectivity index is 2.00. The predicted octanol–water partition coefficient (Wildman–Crippen LogP) is 3.91. The van der Waals surface area contributed by atoms with Gasteiger partial charge in [-0.1, -0.05) is 54.6 Å². The summed E-state index contributed by atoms with van der Waals surface area (Å²) in [6.45, 7) is 0. The van der Waals surface area contributed by atoms with Crippen molar-refractivity contribution in [3.63, 3.8) is 0 Å². The van der Waals surface area contributed by atoms with Crippen molar-refractivity contribution in [1.82, 2.24) is 9.78 Å². The summed E-state index contributed by atoms with van der Waals surface area (Å²) in [7, 11) is 0.168. The highest BCUT2D eigenvalue weighted by atomic mass is 31.2. The van der Waals surface area contributed by atoms with Crippen molar-refractivity contribution in [2.75, 3.05) is 0 Å². The van der Waals surface area contributed by atoms with Crippen molar-refractivity contribution < 1.29 is 0 Å². The van der Waals surface area contributed by atoms with Crippen LogP contribution in [0.3, 0.4) is 0 Å². The Morgan fingerprint density at radius 1 is 0.692 bits per heavy atom. The molecule has 0 saturated heterocycles. The molecule has 3 aromatic carbocycles. The minimum Gasteiger partial charge on any atom is -0.275 e. The number of benzene rings is 3. The Bertz CT molecular complexity index is 866. The van der Waals surface area contributed by atoms with Crippen LogP contribution in [0.15, 0.2) is 103 Å². The van der Waals surface area contributed by atoms with E-state index in [0.717, 1.165) is 6.16 Å². The zero-order valence-electron chi connectivity index (χ0n) is 14.9. The topological polar surface area (TPSA) is 17.8 Å². The second kappa shape index (κ2) is 7.27. The Morgan fingerprint density at radius 2 is 1.12 bits per heavy atom. The first-order valence-electron chi connectivity index (χ1n) is 8.81. The molecule has 0 unspecified atom stereocenters. The van der Waals surface area contributed by atoms with Crippen LogP contribution in [-0.4, -0.2) is 9.78 Å². The molecule has 1 heterocycles. The third-order valence-electron chi connectivity index (χ3n) is 4.77. The van der Waals surface area contributed by atoms with Gasteiger partial charge in [0.15, 0.2) is 0 Å². The van der Waals surface area contributed by atoms with Crippen LogP contribution in [0.4, 0.5) is 0 Å². The van der Waals surface area contributed by atoms with Gasteiger partial charge in [-0.05, 0) is 36.4 Å². The minimum absolute atomic E-state index is 0.971. The van der Waals surface area contributed by atoms with Crippen LogP contribution in [0, 0.1) is 0 Å². The highest BCUT2D eigenvalue weighted by Gasteiger charge is 2.45. The molecule has 0 aliphatic rings. The molecule has 0 bridgehead atoms. The molecule has 0 saturated carbocycles. The second-order valence-electron chi connectivity index (χ2n) is 6.50. The molecule has 0 radical (unpaired) electrons. The molecule has 4 aromatic rings. The van der Waals surface area contributed by atoms with Gasteiger partial charge in [0.25, 0.3) is 0 Å². The van der Waals surface area contributed by atoms with Gasteiger partial charge in [0.1, 0.15) is 29.3 Å². The number of rotatable bonds is 5. The average molecular weight is 357 g/mol. The van der Waals surface area contributed by atoms with Crippen molar-refractivity contribution in [1.29, 1.82) is 0 Å². The molecule has 0 fully saturated rings. The summed E-state index contributed by atoms with van der Waals surface area (Å²) in [4.78, 5) is 0. The number of hydrogen-bond acceptors (Lipinski definition) is 1. The van der Waals surface area contributed by atoms with E-state index in [1.807, 2.05) is 17.9 Å². The molecule has 0 aliphatic heterocycles. The van der Waals surface area contributed by atoms with Crippen molar-refractivity contribution in [3.05, 3.63) is 109 Å². The normalized spacial score (nSPS) is 11.4. The first-order valence-corrected chi connectivity index (χ1v) is 10.8. The molecule has 0 spiro atoms. The lowest BCUT2D eigenvalue weighted by atomic mass is 10.3. The smallest absolute Gasteiger partial charge is 0.116 e. The van der Waals surface area contributed by atoms with E-state index >= 15 is 0 Å². The summed E-state index contributed by atoms with van der Waals surface area (Å²) in [5.41, 5.74) is 1.28. The summed E-state index contributed by atoms with van der Waals surface area (Å²) in [5.74, 6) is 0. The fraction of sp³-hybridized carbons (Fsp3) is 0.0870. The minimum atomic E-state index is -1.82. The standard InChI is InChI=1S/C23H22N2P/c1-25-18-20(17-24-25)19-26(21-11-5-2-6-12-21,22-13-7-3-8-14-22)23-15-9-4-10-16-23/h2-18H,19H2,1H3/q+1. The molecule has 0 aliphatic carbocycles. The van der Waals surface area contributed by atoms with Crippen molar-refractivity contribution in [2.24, 2.45) is 7.05 Å². The molecule has 128 valence electrons. The van der Waals surface area contributed by atoms with Gasteiger partial charge in [-0.3, -0.25) is 4.68 Å². The first-order chi connectivity index (χ1) is 12.8. The van der Waals surface area contributed by atoms with Crippen LogP contribution in [0.25, 0.3) is 0 Å². The second-order valence-corrected chi connectivity index (χ2v) is 9.98. The van der Waals surface area contributed by atoms with Crippen LogP contribution < -0.4 is 15.9 Å². The average Bonchev–Trinajstić information content (AvgIpc) is 3.13. The van der Waals surface area contributed by atoms with E-state index in [2.05, 4.69) is 102 Å². The fourth-order valence-corrected chi connectivity index (χ4v) is 7.79. The van der Waals surface area contributed by atoms with Crippen LogP contribution in [-0.2, 0) is 13.2 Å². The maximum Gasteiger partial charge on any atom is 0.116 e. The van der Waals surface area contributed by atoms with Gasteiger partial charge in [0.05, 0.1) is 6.20 Å². The molecule has 2 nitrogen and oxygen atoms in total. The van der Waals surface area contributed by atoms with Gasteiger partial charge in [-0.25, -0.2) is 0 Å². The maximum atomic E-state index is 4.42. The lowest BCUT2D eigenvalue weighted by Gasteiger charge is -2.27. The van der Waals surface area contributed by atoms with E-state index in [1.54, 1.807) is 0 Å². The van der Waals surface area contributed by atoms with Gasteiger partial charge < -0.3 is 0 Å². The highest BCUT2D eigenvalue weighted by Crippen LogP contribution is 2.58. The molecular formula is C23H22N2P+. The SMILES string of the molecule is Cn1cc(C[P+](c2ccccc2)(c2ccccc2)c2ccccc2)cn1. The molecule has 4 rings (SSSR count). The summed E-state index contributed by atoms with van der Waals surface area (Å²) in [6, 6.07) is 32.9. The molecular weight excluding hydrogens is 335 g/mol. The highest BCUT2D eigenvalue weighted by molar-refractivity contribution is 7.95. The van der Waals surface area contributed by atoms with E-state index in [4.69, 9.17) is 0 Å².